The fraction of sp³-hybridized carbons (Fsp3) is 0.368. The van der Waals surface area contributed by atoms with Crippen molar-refractivity contribution in [3.63, 3.8) is 0 Å². The minimum absolute atomic E-state index is 0.222. The average molecular weight is 355 g/mol. The molecule has 0 saturated carbocycles. The van der Waals surface area contributed by atoms with Crippen molar-refractivity contribution < 1.29 is 9.32 Å². The van der Waals surface area contributed by atoms with Gasteiger partial charge in [-0.25, -0.2) is 0 Å². The Morgan fingerprint density at radius 3 is 2.64 bits per heavy atom. The molecule has 1 aliphatic heterocycles. The fourth-order valence-corrected chi connectivity index (χ4v) is 4.11. The highest BCUT2D eigenvalue weighted by atomic mass is 32.1. The van der Waals surface area contributed by atoms with Crippen molar-refractivity contribution in [1.29, 1.82) is 0 Å². The topological polar surface area (TPSA) is 46.6 Å². The second kappa shape index (κ2) is 6.98. The Labute approximate surface area is 151 Å². The molecular weight excluding hydrogens is 332 g/mol. The lowest BCUT2D eigenvalue weighted by Crippen LogP contribution is -3.14. The molecule has 0 spiro atoms. The summed E-state index contributed by atoms with van der Waals surface area (Å²) in [6, 6.07) is 12.9. The monoisotopic (exact) mass is 355 g/mol. The van der Waals surface area contributed by atoms with Gasteiger partial charge >= 0.3 is 0 Å². The summed E-state index contributed by atoms with van der Waals surface area (Å²) in [6.07, 6.45) is 0. The van der Waals surface area contributed by atoms with Gasteiger partial charge in [-0.15, -0.1) is 21.5 Å². The smallest absolute Gasteiger partial charge is 0.274 e. The summed E-state index contributed by atoms with van der Waals surface area (Å²) in [5.74, 6) is 1.37. The molecule has 0 aliphatic carbocycles. The highest BCUT2D eigenvalue weighted by Gasteiger charge is 2.29. The summed E-state index contributed by atoms with van der Waals surface area (Å²) in [5, 5.41) is 10.5. The van der Waals surface area contributed by atoms with Gasteiger partial charge in [-0.3, -0.25) is 0 Å². The minimum Gasteiger partial charge on any atom is -0.414 e. The molecule has 5 nitrogen and oxygen atoms in total. The van der Waals surface area contributed by atoms with Gasteiger partial charge in [0.1, 0.15) is 0 Å². The average Bonchev–Trinajstić information content (AvgIpc) is 3.33. The van der Waals surface area contributed by atoms with E-state index < -0.39 is 0 Å². The lowest BCUT2D eigenvalue weighted by molar-refractivity contribution is -0.931. The molecule has 1 aliphatic rings. The van der Waals surface area contributed by atoms with Gasteiger partial charge in [0.15, 0.2) is 6.04 Å². The first-order valence-corrected chi connectivity index (χ1v) is 9.63. The number of benzene rings is 1. The minimum atomic E-state index is 0.222. The van der Waals surface area contributed by atoms with Crippen molar-refractivity contribution >= 4 is 17.0 Å². The maximum Gasteiger partial charge on any atom is 0.274 e. The lowest BCUT2D eigenvalue weighted by Gasteiger charge is -2.36. The third-order valence-electron chi connectivity index (χ3n) is 5.02. The van der Waals surface area contributed by atoms with Crippen LogP contribution < -0.4 is 9.80 Å². The van der Waals surface area contributed by atoms with E-state index in [0.717, 1.165) is 36.9 Å². The number of piperazine rings is 1. The number of hydrogen-bond acceptors (Lipinski definition) is 5. The molecule has 0 radical (unpaired) electrons. The van der Waals surface area contributed by atoms with Gasteiger partial charge in [0.25, 0.3) is 11.8 Å². The van der Waals surface area contributed by atoms with Gasteiger partial charge in [-0.2, -0.15) is 0 Å². The number of rotatable bonds is 4. The first-order chi connectivity index (χ1) is 12.2. The number of anilines is 1. The number of thiophene rings is 1. The quantitative estimate of drug-likeness (QED) is 0.781. The van der Waals surface area contributed by atoms with Crippen LogP contribution in [0.25, 0.3) is 10.8 Å². The van der Waals surface area contributed by atoms with Crippen molar-refractivity contribution in [1.82, 2.24) is 10.2 Å². The number of nitrogens with zero attached hydrogens (tertiary/aromatic N) is 3. The molecule has 1 fully saturated rings. The van der Waals surface area contributed by atoms with Crippen molar-refractivity contribution in [2.24, 2.45) is 0 Å². The molecule has 1 saturated heterocycles. The van der Waals surface area contributed by atoms with Crippen LogP contribution in [0.1, 0.15) is 24.4 Å². The van der Waals surface area contributed by atoms with Gasteiger partial charge in [0.05, 0.1) is 31.1 Å². The van der Waals surface area contributed by atoms with E-state index in [1.54, 1.807) is 11.3 Å². The van der Waals surface area contributed by atoms with Gasteiger partial charge in [0.2, 0.25) is 0 Å². The Balaban J connectivity index is 1.41. The standard InChI is InChI=1S/C19H22N4OS/c1-14-6-3-4-7-16(14)23-11-9-22(10-12-23)15(2)18-20-21-19(24-18)17-8-5-13-25-17/h3-8,13,15H,9-12H2,1-2H3/p+1/t15-/m1/s1. The Hall–Kier alpha value is -2.18. The second-order valence-electron chi connectivity index (χ2n) is 6.58. The number of nitrogens with one attached hydrogen (secondary N) is 1. The van der Waals surface area contributed by atoms with Crippen LogP contribution in [0.15, 0.2) is 46.2 Å². The van der Waals surface area contributed by atoms with E-state index in [0.29, 0.717) is 5.89 Å². The number of aromatic nitrogens is 2. The first-order valence-electron chi connectivity index (χ1n) is 8.75. The number of aryl methyl sites for hydroxylation is 1. The summed E-state index contributed by atoms with van der Waals surface area (Å²) >= 11 is 1.63. The second-order valence-corrected chi connectivity index (χ2v) is 7.52. The predicted molar refractivity (Wildman–Crippen MR) is 100 cm³/mol. The third kappa shape index (κ3) is 3.32. The van der Waals surface area contributed by atoms with E-state index in [-0.39, 0.29) is 6.04 Å². The SMILES string of the molecule is Cc1ccccc1N1CC[NH+]([C@H](C)c2nnc(-c3cccs3)o2)CC1. The van der Waals surface area contributed by atoms with Gasteiger partial charge < -0.3 is 14.2 Å². The lowest BCUT2D eigenvalue weighted by atomic mass is 10.1. The molecule has 1 aromatic carbocycles. The van der Waals surface area contributed by atoms with E-state index in [1.165, 1.54) is 16.2 Å². The normalized spacial score (nSPS) is 17.0. The molecule has 4 rings (SSSR count). The molecule has 3 aromatic rings. The van der Waals surface area contributed by atoms with E-state index in [4.69, 9.17) is 4.42 Å². The number of para-hydroxylation sites is 1. The van der Waals surface area contributed by atoms with Crippen molar-refractivity contribution in [3.05, 3.63) is 53.2 Å². The summed E-state index contributed by atoms with van der Waals surface area (Å²) in [4.78, 5) is 5.02. The molecule has 6 heteroatoms. The fourth-order valence-electron chi connectivity index (χ4n) is 3.47. The van der Waals surface area contributed by atoms with Crippen LogP contribution in [-0.4, -0.2) is 36.4 Å². The van der Waals surface area contributed by atoms with Gasteiger partial charge in [0, 0.05) is 5.69 Å². The van der Waals surface area contributed by atoms with Crippen LogP contribution in [0.5, 0.6) is 0 Å². The van der Waals surface area contributed by atoms with Crippen LogP contribution in [0, 0.1) is 6.92 Å². The Morgan fingerprint density at radius 1 is 1.12 bits per heavy atom. The van der Waals surface area contributed by atoms with Gasteiger partial charge in [-0.05, 0) is 36.9 Å². The van der Waals surface area contributed by atoms with Crippen molar-refractivity contribution in [2.75, 3.05) is 31.1 Å². The van der Waals surface area contributed by atoms with E-state index in [9.17, 15) is 0 Å². The molecule has 0 bridgehead atoms. The van der Waals surface area contributed by atoms with Crippen LogP contribution in [-0.2, 0) is 0 Å². The molecule has 3 heterocycles. The first kappa shape index (κ1) is 16.3. The number of hydrogen-bond donors (Lipinski definition) is 1. The molecule has 1 atom stereocenters. The van der Waals surface area contributed by atoms with Crippen molar-refractivity contribution in [3.8, 4) is 10.8 Å². The maximum atomic E-state index is 5.93. The van der Waals surface area contributed by atoms with Crippen LogP contribution in [0.4, 0.5) is 5.69 Å². The highest BCUT2D eigenvalue weighted by molar-refractivity contribution is 7.13. The molecule has 130 valence electrons. The predicted octanol–water partition coefficient (Wildman–Crippen LogP) is 2.57. The molecule has 2 aromatic heterocycles. The van der Waals surface area contributed by atoms with Crippen LogP contribution in [0.3, 0.4) is 0 Å². The van der Waals surface area contributed by atoms with E-state index >= 15 is 0 Å². The van der Waals surface area contributed by atoms with E-state index in [1.807, 2.05) is 17.5 Å². The van der Waals surface area contributed by atoms with Crippen LogP contribution in [0.2, 0.25) is 0 Å². The maximum absolute atomic E-state index is 5.93. The zero-order chi connectivity index (χ0) is 17.2. The highest BCUT2D eigenvalue weighted by Crippen LogP contribution is 2.24. The summed E-state index contributed by atoms with van der Waals surface area (Å²) in [6.45, 7) is 8.62. The Morgan fingerprint density at radius 2 is 1.92 bits per heavy atom. The molecular formula is C19H23N4OS+. The van der Waals surface area contributed by atoms with Gasteiger partial charge in [-0.1, -0.05) is 24.3 Å². The summed E-state index contributed by atoms with van der Waals surface area (Å²) in [5.41, 5.74) is 2.70. The Kier molecular flexibility index (Phi) is 4.55. The van der Waals surface area contributed by atoms with Crippen LogP contribution >= 0.6 is 11.3 Å². The zero-order valence-electron chi connectivity index (χ0n) is 14.6. The molecule has 0 amide bonds. The molecule has 25 heavy (non-hydrogen) atoms. The molecule has 0 unspecified atom stereocenters. The number of quaternary nitrogens is 1. The summed E-state index contributed by atoms with van der Waals surface area (Å²) < 4.78 is 5.93. The third-order valence-corrected chi connectivity index (χ3v) is 5.88. The van der Waals surface area contributed by atoms with Crippen molar-refractivity contribution in [2.45, 2.75) is 19.9 Å². The zero-order valence-corrected chi connectivity index (χ0v) is 15.4. The Bertz CT molecular complexity index is 822. The van der Waals surface area contributed by atoms with E-state index in [2.05, 4.69) is 53.2 Å². The largest absolute Gasteiger partial charge is 0.414 e. The molecule has 1 N–H and O–H groups in total. The summed E-state index contributed by atoms with van der Waals surface area (Å²) in [7, 11) is 0.